The van der Waals surface area contributed by atoms with Gasteiger partial charge >= 0.3 is 5.97 Å². The molecule has 1 amide bonds. The highest BCUT2D eigenvalue weighted by molar-refractivity contribution is 7.07. The second kappa shape index (κ2) is 9.39. The normalized spacial score (nSPS) is 17.9. The zero-order valence-corrected chi connectivity index (χ0v) is 20.5. The molecule has 0 fully saturated rings. The quantitative estimate of drug-likeness (QED) is 0.388. The third-order valence-electron chi connectivity index (χ3n) is 6.13. The Morgan fingerprint density at radius 3 is 2.53 bits per heavy atom. The zero-order chi connectivity index (χ0) is 25.4. The number of carbonyl (C=O) groups excluding carboxylic acids is 2. The molecule has 0 unspecified atom stereocenters. The van der Waals surface area contributed by atoms with E-state index in [1.807, 2.05) is 54.6 Å². The molecule has 2 aliphatic rings. The second-order valence-electron chi connectivity index (χ2n) is 8.30. The molecule has 2 aromatic carbocycles. The maximum absolute atomic E-state index is 14.0. The van der Waals surface area contributed by atoms with Crippen molar-refractivity contribution in [3.05, 3.63) is 122 Å². The van der Waals surface area contributed by atoms with Crippen LogP contribution in [0.25, 0.3) is 5.57 Å². The summed E-state index contributed by atoms with van der Waals surface area (Å²) in [6, 6.07) is 15.9. The first-order valence-electron chi connectivity index (χ1n) is 11.4. The number of thiazole rings is 1. The Labute approximate surface area is 211 Å². The fraction of sp³-hybridized carbons (Fsp3) is 0.143. The molecule has 3 aromatic rings. The van der Waals surface area contributed by atoms with E-state index in [0.717, 1.165) is 22.6 Å². The van der Waals surface area contributed by atoms with Crippen LogP contribution >= 0.6 is 11.3 Å². The highest BCUT2D eigenvalue weighted by Gasteiger charge is 2.36. The van der Waals surface area contributed by atoms with Gasteiger partial charge in [0.05, 0.1) is 28.6 Å². The molecule has 7 nitrogen and oxygen atoms in total. The third-order valence-corrected chi connectivity index (χ3v) is 7.18. The van der Waals surface area contributed by atoms with Gasteiger partial charge in [0, 0.05) is 12.1 Å². The van der Waals surface area contributed by atoms with E-state index in [1.165, 1.54) is 10.6 Å². The SMILES string of the molecule is C=CCOC(=O)C1=C(C)N=c2s/c(=C3\C(=O)N(CC=C)c4ccccc43)c(=O)n2[C@H]1c1ccccc1. The molecule has 36 heavy (non-hydrogen) atoms. The number of ether oxygens (including phenoxy) is 1. The van der Waals surface area contributed by atoms with Crippen molar-refractivity contribution < 1.29 is 14.3 Å². The summed E-state index contributed by atoms with van der Waals surface area (Å²) < 4.78 is 7.13. The molecule has 8 heteroatoms. The molecule has 3 heterocycles. The summed E-state index contributed by atoms with van der Waals surface area (Å²) in [6.07, 6.45) is 3.14. The molecule has 2 aliphatic heterocycles. The van der Waals surface area contributed by atoms with Gasteiger partial charge in [-0.3, -0.25) is 14.2 Å². The molecule has 0 spiro atoms. The number of amides is 1. The number of rotatable bonds is 6. The van der Waals surface area contributed by atoms with Crippen LogP contribution in [0, 0.1) is 0 Å². The maximum Gasteiger partial charge on any atom is 0.338 e. The maximum atomic E-state index is 14.0. The van der Waals surface area contributed by atoms with Crippen molar-refractivity contribution in [3.63, 3.8) is 0 Å². The Morgan fingerprint density at radius 1 is 1.08 bits per heavy atom. The first-order chi connectivity index (χ1) is 17.5. The summed E-state index contributed by atoms with van der Waals surface area (Å²) in [5.41, 5.74) is 2.84. The number of fused-ring (bicyclic) bond motifs is 2. The first kappa shape index (κ1) is 23.4. The number of para-hydroxylation sites is 1. The fourth-order valence-electron chi connectivity index (χ4n) is 4.61. The van der Waals surface area contributed by atoms with Crippen molar-refractivity contribution >= 4 is 34.5 Å². The summed E-state index contributed by atoms with van der Waals surface area (Å²) in [5, 5.41) is 0. The summed E-state index contributed by atoms with van der Waals surface area (Å²) in [6.45, 7) is 9.45. The van der Waals surface area contributed by atoms with Crippen molar-refractivity contribution in [1.29, 1.82) is 0 Å². The smallest absolute Gasteiger partial charge is 0.338 e. The molecule has 180 valence electrons. The molecule has 0 radical (unpaired) electrons. The molecule has 0 bridgehead atoms. The van der Waals surface area contributed by atoms with E-state index >= 15 is 0 Å². The zero-order valence-electron chi connectivity index (χ0n) is 19.6. The molecule has 0 N–H and O–H groups in total. The number of benzene rings is 2. The topological polar surface area (TPSA) is 81.0 Å². The number of allylic oxidation sites excluding steroid dienone is 1. The van der Waals surface area contributed by atoms with E-state index in [-0.39, 0.29) is 28.2 Å². The van der Waals surface area contributed by atoms with Gasteiger partial charge in [-0.2, -0.15) is 0 Å². The number of anilines is 1. The van der Waals surface area contributed by atoms with Gasteiger partial charge in [0.25, 0.3) is 11.5 Å². The van der Waals surface area contributed by atoms with E-state index < -0.39 is 12.0 Å². The summed E-state index contributed by atoms with van der Waals surface area (Å²) in [7, 11) is 0. The van der Waals surface area contributed by atoms with E-state index in [9.17, 15) is 14.4 Å². The van der Waals surface area contributed by atoms with E-state index in [0.29, 0.717) is 28.2 Å². The lowest BCUT2D eigenvalue weighted by Crippen LogP contribution is -2.41. The molecule has 0 aliphatic carbocycles. The van der Waals surface area contributed by atoms with Gasteiger partial charge in [0.1, 0.15) is 11.1 Å². The highest BCUT2D eigenvalue weighted by atomic mass is 32.1. The number of esters is 1. The van der Waals surface area contributed by atoms with Crippen molar-refractivity contribution in [1.82, 2.24) is 4.57 Å². The number of aromatic nitrogens is 1. The summed E-state index contributed by atoms with van der Waals surface area (Å²) in [4.78, 5) is 47.2. The number of hydrogen-bond donors (Lipinski definition) is 0. The Balaban J connectivity index is 1.79. The minimum Gasteiger partial charge on any atom is -0.458 e. The van der Waals surface area contributed by atoms with Gasteiger partial charge in [-0.25, -0.2) is 9.79 Å². The lowest BCUT2D eigenvalue weighted by molar-refractivity contribution is -0.138. The van der Waals surface area contributed by atoms with Gasteiger partial charge < -0.3 is 9.64 Å². The van der Waals surface area contributed by atoms with Crippen LogP contribution < -0.4 is 19.8 Å². The number of nitrogens with zero attached hydrogens (tertiary/aromatic N) is 3. The van der Waals surface area contributed by atoms with Crippen LogP contribution in [-0.2, 0) is 14.3 Å². The van der Waals surface area contributed by atoms with E-state index in [1.54, 1.807) is 17.9 Å². The largest absolute Gasteiger partial charge is 0.458 e. The van der Waals surface area contributed by atoms with Gasteiger partial charge in [0.2, 0.25) is 0 Å². The first-order valence-corrected chi connectivity index (χ1v) is 12.2. The lowest BCUT2D eigenvalue weighted by atomic mass is 9.96. The fourth-order valence-corrected chi connectivity index (χ4v) is 5.74. The molecule has 1 atom stereocenters. The average Bonchev–Trinajstić information content (AvgIpc) is 3.35. The molecular formula is C28H23N3O4S. The van der Waals surface area contributed by atoms with Crippen LogP contribution in [-0.4, -0.2) is 29.6 Å². The van der Waals surface area contributed by atoms with Gasteiger partial charge in [-0.1, -0.05) is 78.6 Å². The van der Waals surface area contributed by atoms with Crippen molar-refractivity contribution in [2.24, 2.45) is 4.99 Å². The Bertz CT molecular complexity index is 1630. The minimum atomic E-state index is -0.745. The second-order valence-corrected chi connectivity index (χ2v) is 9.27. The van der Waals surface area contributed by atoms with Crippen LogP contribution in [0.15, 0.2) is 101 Å². The van der Waals surface area contributed by atoms with E-state index in [4.69, 9.17) is 4.74 Å². The standard InChI is InChI=1S/C28H23N3O4S/c1-4-15-30-20-14-10-9-13-19(20)22(25(30)32)24-26(33)31-23(18-11-7-6-8-12-18)21(27(34)35-16-5-2)17(3)29-28(31)36-24/h4-14,23H,1-2,15-16H2,3H3/b24-22-/t23-/m0/s1. The van der Waals surface area contributed by atoms with Crippen molar-refractivity contribution in [3.8, 4) is 0 Å². The van der Waals surface area contributed by atoms with Crippen molar-refractivity contribution in [2.45, 2.75) is 13.0 Å². The van der Waals surface area contributed by atoms with Crippen LogP contribution in [0.1, 0.15) is 24.1 Å². The Hall–Kier alpha value is -4.30. The van der Waals surface area contributed by atoms with Crippen LogP contribution in [0.2, 0.25) is 0 Å². The van der Waals surface area contributed by atoms with Gasteiger partial charge in [-0.05, 0) is 18.6 Å². The van der Waals surface area contributed by atoms with E-state index in [2.05, 4.69) is 18.2 Å². The third kappa shape index (κ3) is 3.67. The van der Waals surface area contributed by atoms with Crippen LogP contribution in [0.5, 0.6) is 0 Å². The van der Waals surface area contributed by atoms with Crippen molar-refractivity contribution in [2.75, 3.05) is 18.1 Å². The molecular weight excluding hydrogens is 474 g/mol. The Morgan fingerprint density at radius 2 is 1.81 bits per heavy atom. The molecule has 5 rings (SSSR count). The van der Waals surface area contributed by atoms with Crippen LogP contribution in [0.4, 0.5) is 5.69 Å². The van der Waals surface area contributed by atoms with Gasteiger partial charge in [0.15, 0.2) is 4.80 Å². The molecule has 0 saturated heterocycles. The van der Waals surface area contributed by atoms with Gasteiger partial charge in [-0.15, -0.1) is 6.58 Å². The monoisotopic (exact) mass is 497 g/mol. The highest BCUT2D eigenvalue weighted by Crippen LogP contribution is 2.35. The van der Waals surface area contributed by atoms with Crippen LogP contribution in [0.3, 0.4) is 0 Å². The number of hydrogen-bond acceptors (Lipinski definition) is 6. The average molecular weight is 498 g/mol. The lowest BCUT2D eigenvalue weighted by Gasteiger charge is -2.24. The summed E-state index contributed by atoms with van der Waals surface area (Å²) >= 11 is 1.15. The Kier molecular flexibility index (Phi) is 6.12. The minimum absolute atomic E-state index is 0.0378. The molecule has 1 aromatic heterocycles. The molecule has 0 saturated carbocycles. The predicted molar refractivity (Wildman–Crippen MR) is 139 cm³/mol. The summed E-state index contributed by atoms with van der Waals surface area (Å²) in [5.74, 6) is -0.832. The number of carbonyl (C=O) groups is 2. The predicted octanol–water partition coefficient (Wildman–Crippen LogP) is 2.87.